The molecule has 8 aliphatic rings. The molecule has 0 heterocycles. The van der Waals surface area contributed by atoms with Crippen LogP contribution < -0.4 is 0 Å². The molecule has 12 atom stereocenters. The number of hydrogen-bond donors (Lipinski definition) is 0. The second kappa shape index (κ2) is 41.0. The lowest BCUT2D eigenvalue weighted by Gasteiger charge is -2.43. The Kier molecular flexibility index (Phi) is 37.2. The van der Waals surface area contributed by atoms with Crippen molar-refractivity contribution in [1.82, 2.24) is 0 Å². The highest BCUT2D eigenvalue weighted by molar-refractivity contribution is 9.30. The van der Waals surface area contributed by atoms with E-state index >= 15 is 0 Å². The fraction of sp³-hybridized carbons (Fsp3) is 0.968. The van der Waals surface area contributed by atoms with Gasteiger partial charge in [-0.1, -0.05) is 85.5 Å². The van der Waals surface area contributed by atoms with Crippen molar-refractivity contribution < 1.29 is 53.1 Å². The van der Waals surface area contributed by atoms with Gasteiger partial charge in [-0.15, -0.1) is 0 Å². The summed E-state index contributed by atoms with van der Waals surface area (Å²) in [5.74, 6) is 3.31. The van der Waals surface area contributed by atoms with Gasteiger partial charge in [0, 0.05) is 120 Å². The van der Waals surface area contributed by atoms with Gasteiger partial charge in [0.25, 0.3) is 0 Å². The predicted molar refractivity (Wildman–Crippen MR) is 442 cm³/mol. The van der Waals surface area contributed by atoms with E-state index in [9.17, 15) is 0 Å². The van der Waals surface area contributed by atoms with Crippen LogP contribution in [0, 0.1) is 29.6 Å². The molecule has 0 radical (unpaired) electrons. The average molecular weight is 1680 g/mol. The summed E-state index contributed by atoms with van der Waals surface area (Å²) < 4.78 is 82.6. The number of hydrogen-bond acceptors (Lipinski definition) is 28. The lowest BCUT2D eigenvalue weighted by molar-refractivity contribution is 0.0553. The molecular weight excluding hydrogens is 1560 g/mol. The number of fused-ring (bicyclic) bond motifs is 8. The zero-order valence-electron chi connectivity index (χ0n) is 59.0. The van der Waals surface area contributed by atoms with E-state index in [2.05, 4.69) is 169 Å². The minimum absolute atomic E-state index is 0.0564. The number of rotatable bonds is 53. The van der Waals surface area contributed by atoms with Crippen LogP contribution in [0.1, 0.15) is 226 Å². The summed E-state index contributed by atoms with van der Waals surface area (Å²) in [5.41, 5.74) is 2.72. The SMILES string of the molecule is CCO[Si](OCC)(OCC)C1CC2CCC1(SSSSC(SSSSC13CCC(CC1[Si](OCC)(OCC)OCC)C3)=C(CC)C(CCC(C)C)(SSSSC13CCC(CC1[Si](OCC)(OCC)OCC)C3)SSSSC13CCC(CC1[Si](OCC)(OCC)OCC)C3)C2. The van der Waals surface area contributed by atoms with Crippen LogP contribution in [0.4, 0.5) is 0 Å². The Morgan fingerprint density at radius 2 is 0.606 bits per heavy atom. The second-order valence-corrected chi connectivity index (χ2v) is 63.0. The molecule has 0 aromatic rings. The van der Waals surface area contributed by atoms with Gasteiger partial charge in [0.1, 0.15) is 4.08 Å². The van der Waals surface area contributed by atoms with Gasteiger partial charge in [-0.25, -0.2) is 0 Å². The summed E-state index contributed by atoms with van der Waals surface area (Å²) in [5, 5.41) is 0. The van der Waals surface area contributed by atoms with Gasteiger partial charge in [0.05, 0.1) is 4.24 Å². The molecule has 8 fully saturated rings. The van der Waals surface area contributed by atoms with Crippen molar-refractivity contribution in [2.24, 2.45) is 29.6 Å². The zero-order valence-corrected chi connectivity index (χ0v) is 76.1. The largest absolute Gasteiger partial charge is 0.505 e. The van der Waals surface area contributed by atoms with Crippen molar-refractivity contribution in [3.8, 4) is 0 Å². The Hall–Kier alpha value is 5.73. The van der Waals surface area contributed by atoms with Gasteiger partial charge >= 0.3 is 35.2 Å². The second-order valence-electron chi connectivity index (χ2n) is 26.5. The van der Waals surface area contributed by atoms with Crippen LogP contribution in [0.15, 0.2) is 9.81 Å². The molecule has 0 amide bonds. The van der Waals surface area contributed by atoms with Gasteiger partial charge in [-0.3, -0.25) is 0 Å². The molecule has 8 saturated carbocycles. The van der Waals surface area contributed by atoms with Gasteiger partial charge in [0.2, 0.25) is 0 Å². The van der Waals surface area contributed by atoms with E-state index in [1.54, 1.807) is 5.57 Å². The molecule has 0 aliphatic heterocycles. The minimum atomic E-state index is -2.97. The highest BCUT2D eigenvalue weighted by atomic mass is 33.7. The maximum Gasteiger partial charge on any atom is 0.505 e. The van der Waals surface area contributed by atoms with E-state index in [-0.39, 0.29) is 45.2 Å². The molecule has 94 heavy (non-hydrogen) atoms. The molecule has 8 aliphatic carbocycles. The molecule has 8 rings (SSSR count). The monoisotopic (exact) mass is 1680 g/mol. The van der Waals surface area contributed by atoms with Gasteiger partial charge < -0.3 is 53.1 Å². The molecule has 0 saturated heterocycles. The van der Waals surface area contributed by atoms with Crippen molar-refractivity contribution in [3.63, 3.8) is 0 Å². The van der Waals surface area contributed by atoms with Crippen LogP contribution in [0.3, 0.4) is 0 Å². The summed E-state index contributed by atoms with van der Waals surface area (Å²) >= 11 is 0. The highest BCUT2D eigenvalue weighted by Crippen LogP contribution is 2.76. The van der Waals surface area contributed by atoms with Crippen LogP contribution in [0.5, 0.6) is 0 Å². The maximum atomic E-state index is 6.77. The molecule has 12 nitrogen and oxygen atoms in total. The Balaban J connectivity index is 1.14. The Morgan fingerprint density at radius 3 is 0.819 bits per heavy atom. The third-order valence-electron chi connectivity index (χ3n) is 20.7. The lowest BCUT2D eigenvalue weighted by Crippen LogP contribution is -2.55. The first kappa shape index (κ1) is 85.3. The molecule has 0 N–H and O–H groups in total. The van der Waals surface area contributed by atoms with E-state index in [0.29, 0.717) is 109 Å². The molecule has 0 aromatic heterocycles. The van der Waals surface area contributed by atoms with Crippen molar-refractivity contribution >= 4 is 200 Å². The summed E-state index contributed by atoms with van der Waals surface area (Å²) in [6.45, 7) is 40.0. The molecule has 0 spiro atoms. The molecule has 8 bridgehead atoms. The molecule has 12 unspecified atom stereocenters. The maximum absolute atomic E-state index is 6.77. The molecule has 0 aromatic carbocycles. The van der Waals surface area contributed by atoms with Crippen LogP contribution in [-0.4, -0.2) is 138 Å². The normalized spacial score (nSPS) is 31.1. The smallest absolute Gasteiger partial charge is 0.374 e. The average Bonchev–Trinajstić information content (AvgIpc) is 1.60. The van der Waals surface area contributed by atoms with Crippen LogP contribution in [-0.2, 0) is 53.1 Å². The van der Waals surface area contributed by atoms with E-state index in [1.165, 1.54) is 81.3 Å². The lowest BCUT2D eigenvalue weighted by atomic mass is 9.99. The Labute approximate surface area is 635 Å². The van der Waals surface area contributed by atoms with E-state index < -0.39 is 35.2 Å². The summed E-state index contributed by atoms with van der Waals surface area (Å²) in [6.07, 6.45) is 22.4. The minimum Gasteiger partial charge on any atom is -0.374 e. The fourth-order valence-electron chi connectivity index (χ4n) is 17.4. The van der Waals surface area contributed by atoms with E-state index in [4.69, 9.17) is 53.1 Å². The van der Waals surface area contributed by atoms with Crippen molar-refractivity contribution in [2.45, 2.75) is 271 Å². The van der Waals surface area contributed by atoms with Crippen LogP contribution in [0.2, 0.25) is 22.2 Å². The first-order valence-electron chi connectivity index (χ1n) is 35.7. The predicted octanol–water partition coefficient (Wildman–Crippen LogP) is 24.9. The fourth-order valence-corrected chi connectivity index (χ4v) is 70.8. The van der Waals surface area contributed by atoms with E-state index in [1.807, 2.05) is 100 Å². The van der Waals surface area contributed by atoms with Crippen LogP contribution >= 0.6 is 165 Å². The van der Waals surface area contributed by atoms with Crippen LogP contribution in [0.25, 0.3) is 0 Å². The molecule has 548 valence electrons. The summed E-state index contributed by atoms with van der Waals surface area (Å²) in [6, 6.07) is 0. The molecular formula is C62H116O12S16Si4. The van der Waals surface area contributed by atoms with E-state index in [0.717, 1.165) is 44.9 Å². The third-order valence-corrected chi connectivity index (χ3v) is 67.5. The zero-order chi connectivity index (χ0) is 67.6. The Bertz CT molecular complexity index is 2100. The standard InChI is InChI=1S/C62H116O12S16Si4/c1-16-52(57(75-83-85-77-58-34-30-48(43-58)39-53(58)91(63-17-2,64-18-3)65-19-4)76-84-86-78-59-35-31-49(44-59)40-54(59)92(66-20-5,67-21-6)68-22-7)62(38-29-47(14)15,81-89-87-79-60-36-32-50(45-60)41-55(60)93(69-23-8,70-24-9)71-25-10)82-90-88-80-61-37-33-51(46-61)42-56(61)94(72-26-11,73-27-12)74-28-13/h47-51,53-56H,16-46H2,1-15H3. The van der Waals surface area contributed by atoms with Gasteiger partial charge in [-0.05, 0) is 340 Å². The molecule has 32 heteroatoms. The summed E-state index contributed by atoms with van der Waals surface area (Å²) in [4.78, 5) is 0. The van der Waals surface area contributed by atoms with Gasteiger partial charge in [0.15, 0.2) is 0 Å². The highest BCUT2D eigenvalue weighted by Gasteiger charge is 2.70. The first-order chi connectivity index (χ1) is 45.5. The first-order valence-corrected chi connectivity index (χ1v) is 62.2. The van der Waals surface area contributed by atoms with Crippen molar-refractivity contribution in [3.05, 3.63) is 9.81 Å². The van der Waals surface area contributed by atoms with Crippen molar-refractivity contribution in [1.29, 1.82) is 0 Å². The van der Waals surface area contributed by atoms with Gasteiger partial charge in [-0.2, -0.15) is 0 Å². The Morgan fingerprint density at radius 1 is 0.362 bits per heavy atom. The van der Waals surface area contributed by atoms with Crippen molar-refractivity contribution in [2.75, 3.05) is 79.3 Å². The topological polar surface area (TPSA) is 111 Å². The summed E-state index contributed by atoms with van der Waals surface area (Å²) in [7, 11) is 21.1. The third kappa shape index (κ3) is 20.0. The quantitative estimate of drug-likeness (QED) is 0.0249.